The van der Waals surface area contributed by atoms with Crippen molar-refractivity contribution in [3.8, 4) is 5.75 Å². The predicted octanol–water partition coefficient (Wildman–Crippen LogP) is 4.13. The zero-order valence-corrected chi connectivity index (χ0v) is 12.9. The van der Waals surface area contributed by atoms with Crippen LogP contribution in [0.5, 0.6) is 5.75 Å². The quantitative estimate of drug-likeness (QED) is 0.904. The van der Waals surface area contributed by atoms with Gasteiger partial charge in [0.1, 0.15) is 5.75 Å². The highest BCUT2D eigenvalue weighted by Gasteiger charge is 2.37. The number of benzene rings is 1. The monoisotopic (exact) mass is 281 g/mol. The Morgan fingerprint density at radius 2 is 1.89 bits per heavy atom. The largest absolute Gasteiger partial charge is 0.496 e. The molecule has 0 radical (unpaired) electrons. The highest BCUT2D eigenvalue weighted by atomic mass is 35.5. The number of hydrogen-bond acceptors (Lipinski definition) is 2. The van der Waals surface area contributed by atoms with Crippen LogP contribution in [0.3, 0.4) is 0 Å². The third-order valence-electron chi connectivity index (χ3n) is 4.60. The van der Waals surface area contributed by atoms with Crippen molar-refractivity contribution in [2.24, 2.45) is 5.73 Å². The minimum Gasteiger partial charge on any atom is -0.496 e. The molecule has 0 aromatic heterocycles. The van der Waals surface area contributed by atoms with E-state index in [-0.39, 0.29) is 5.41 Å². The van der Waals surface area contributed by atoms with E-state index in [1.807, 2.05) is 6.92 Å². The molecule has 0 bridgehead atoms. The van der Waals surface area contributed by atoms with Crippen molar-refractivity contribution in [3.63, 3.8) is 0 Å². The van der Waals surface area contributed by atoms with Gasteiger partial charge in [-0.05, 0) is 38.3 Å². The lowest BCUT2D eigenvalue weighted by atomic mass is 9.67. The molecular formula is C16H24ClNO. The first kappa shape index (κ1) is 14.7. The maximum Gasteiger partial charge on any atom is 0.127 e. The van der Waals surface area contributed by atoms with E-state index in [9.17, 15) is 0 Å². The summed E-state index contributed by atoms with van der Waals surface area (Å²) in [6.07, 6.45) is 6.13. The molecule has 0 amide bonds. The average molecular weight is 282 g/mol. The second-order valence-corrected chi connectivity index (χ2v) is 6.16. The fraction of sp³-hybridized carbons (Fsp3) is 0.625. The number of halogens is 1. The van der Waals surface area contributed by atoms with Gasteiger partial charge in [-0.25, -0.2) is 0 Å². The SMILES string of the molecule is COc1c(C)c(Cl)cc(C)c1C1(CN)CCCCC1. The lowest BCUT2D eigenvalue weighted by Crippen LogP contribution is -2.38. The molecule has 1 aliphatic carbocycles. The van der Waals surface area contributed by atoms with E-state index in [4.69, 9.17) is 22.1 Å². The molecule has 1 saturated carbocycles. The average Bonchev–Trinajstić information content (AvgIpc) is 2.43. The first-order valence-electron chi connectivity index (χ1n) is 7.10. The Morgan fingerprint density at radius 3 is 2.42 bits per heavy atom. The molecule has 2 rings (SSSR count). The smallest absolute Gasteiger partial charge is 0.127 e. The van der Waals surface area contributed by atoms with Gasteiger partial charge in [-0.15, -0.1) is 0 Å². The van der Waals surface area contributed by atoms with Crippen molar-refractivity contribution in [3.05, 3.63) is 27.8 Å². The van der Waals surface area contributed by atoms with Crippen molar-refractivity contribution in [2.75, 3.05) is 13.7 Å². The summed E-state index contributed by atoms with van der Waals surface area (Å²) >= 11 is 6.29. The van der Waals surface area contributed by atoms with Crippen LogP contribution in [0.25, 0.3) is 0 Å². The number of rotatable bonds is 3. The van der Waals surface area contributed by atoms with E-state index >= 15 is 0 Å². The Balaban J connectivity index is 2.62. The minimum absolute atomic E-state index is 0.0724. The summed E-state index contributed by atoms with van der Waals surface area (Å²) in [6, 6.07) is 2.06. The number of nitrogens with two attached hydrogens (primary N) is 1. The summed E-state index contributed by atoms with van der Waals surface area (Å²) in [4.78, 5) is 0. The van der Waals surface area contributed by atoms with Crippen LogP contribution in [0.1, 0.15) is 48.8 Å². The van der Waals surface area contributed by atoms with Crippen LogP contribution in [0.4, 0.5) is 0 Å². The van der Waals surface area contributed by atoms with Crippen LogP contribution in [-0.4, -0.2) is 13.7 Å². The molecule has 1 aromatic carbocycles. The Morgan fingerprint density at radius 1 is 1.26 bits per heavy atom. The summed E-state index contributed by atoms with van der Waals surface area (Å²) in [5.41, 5.74) is 9.76. The summed E-state index contributed by atoms with van der Waals surface area (Å²) in [6.45, 7) is 4.83. The fourth-order valence-corrected chi connectivity index (χ4v) is 3.79. The molecule has 0 aliphatic heterocycles. The molecule has 1 aliphatic rings. The van der Waals surface area contributed by atoms with Gasteiger partial charge in [0.25, 0.3) is 0 Å². The normalized spacial score (nSPS) is 18.4. The zero-order valence-electron chi connectivity index (χ0n) is 12.2. The molecule has 2 N–H and O–H groups in total. The minimum atomic E-state index is 0.0724. The molecule has 1 fully saturated rings. The Bertz CT molecular complexity index is 464. The van der Waals surface area contributed by atoms with E-state index in [1.165, 1.54) is 30.4 Å². The molecule has 3 heteroatoms. The topological polar surface area (TPSA) is 35.2 Å². The molecule has 2 nitrogen and oxygen atoms in total. The molecule has 19 heavy (non-hydrogen) atoms. The van der Waals surface area contributed by atoms with E-state index in [2.05, 4.69) is 13.0 Å². The first-order chi connectivity index (χ1) is 9.05. The molecule has 106 valence electrons. The van der Waals surface area contributed by atoms with Crippen LogP contribution >= 0.6 is 11.6 Å². The van der Waals surface area contributed by atoms with Crippen molar-refractivity contribution in [1.82, 2.24) is 0 Å². The van der Waals surface area contributed by atoms with Gasteiger partial charge in [-0.1, -0.05) is 30.9 Å². The summed E-state index contributed by atoms with van der Waals surface area (Å²) < 4.78 is 5.68. The molecule has 0 unspecified atom stereocenters. The van der Waals surface area contributed by atoms with Gasteiger partial charge in [-0.3, -0.25) is 0 Å². The lowest BCUT2D eigenvalue weighted by Gasteiger charge is -2.39. The van der Waals surface area contributed by atoms with Gasteiger partial charge in [0.05, 0.1) is 7.11 Å². The predicted molar refractivity (Wildman–Crippen MR) is 81.3 cm³/mol. The van der Waals surface area contributed by atoms with Crippen LogP contribution in [0, 0.1) is 13.8 Å². The summed E-state index contributed by atoms with van der Waals surface area (Å²) in [7, 11) is 1.73. The van der Waals surface area contributed by atoms with E-state index in [0.717, 1.165) is 29.2 Å². The molecule has 0 heterocycles. The summed E-state index contributed by atoms with van der Waals surface area (Å²) in [5, 5.41) is 0.779. The lowest BCUT2D eigenvalue weighted by molar-refractivity contribution is 0.286. The highest BCUT2D eigenvalue weighted by Crippen LogP contribution is 2.46. The van der Waals surface area contributed by atoms with Crippen molar-refractivity contribution < 1.29 is 4.74 Å². The van der Waals surface area contributed by atoms with Crippen molar-refractivity contribution in [1.29, 1.82) is 0 Å². The first-order valence-corrected chi connectivity index (χ1v) is 7.48. The Labute approximate surface area is 121 Å². The van der Waals surface area contributed by atoms with Crippen LogP contribution in [0.2, 0.25) is 5.02 Å². The number of hydrogen-bond donors (Lipinski definition) is 1. The van der Waals surface area contributed by atoms with Crippen LogP contribution < -0.4 is 10.5 Å². The number of ether oxygens (including phenoxy) is 1. The van der Waals surface area contributed by atoms with Gasteiger partial charge in [-0.2, -0.15) is 0 Å². The van der Waals surface area contributed by atoms with Gasteiger partial charge in [0.2, 0.25) is 0 Å². The molecule has 0 spiro atoms. The maximum absolute atomic E-state index is 6.29. The van der Waals surface area contributed by atoms with Gasteiger partial charge < -0.3 is 10.5 Å². The van der Waals surface area contributed by atoms with E-state index in [0.29, 0.717) is 6.54 Å². The molecule has 1 aromatic rings. The van der Waals surface area contributed by atoms with Crippen molar-refractivity contribution >= 4 is 11.6 Å². The second-order valence-electron chi connectivity index (χ2n) is 5.75. The number of methoxy groups -OCH3 is 1. The zero-order chi connectivity index (χ0) is 14.0. The van der Waals surface area contributed by atoms with Gasteiger partial charge >= 0.3 is 0 Å². The Kier molecular flexibility index (Phi) is 4.42. The van der Waals surface area contributed by atoms with Crippen LogP contribution in [0.15, 0.2) is 6.07 Å². The summed E-state index contributed by atoms with van der Waals surface area (Å²) in [5.74, 6) is 0.942. The van der Waals surface area contributed by atoms with E-state index in [1.54, 1.807) is 7.11 Å². The van der Waals surface area contributed by atoms with Crippen LogP contribution in [-0.2, 0) is 5.41 Å². The van der Waals surface area contributed by atoms with Crippen molar-refractivity contribution in [2.45, 2.75) is 51.4 Å². The highest BCUT2D eigenvalue weighted by molar-refractivity contribution is 6.31. The van der Waals surface area contributed by atoms with Gasteiger partial charge in [0.15, 0.2) is 0 Å². The second kappa shape index (κ2) is 5.72. The van der Waals surface area contributed by atoms with Gasteiger partial charge in [0, 0.05) is 28.1 Å². The standard InChI is InChI=1S/C16H24ClNO/c1-11-9-13(17)12(2)15(19-3)14(11)16(10-18)7-5-4-6-8-16/h9H,4-8,10,18H2,1-3H3. The molecule has 0 atom stereocenters. The fourth-order valence-electron chi connectivity index (χ4n) is 3.54. The third kappa shape index (κ3) is 2.48. The Hall–Kier alpha value is -0.730. The molecular weight excluding hydrogens is 258 g/mol. The number of aryl methyl sites for hydroxylation is 1. The van der Waals surface area contributed by atoms with E-state index < -0.39 is 0 Å². The third-order valence-corrected chi connectivity index (χ3v) is 4.99. The maximum atomic E-state index is 6.29. The molecule has 0 saturated heterocycles.